The Morgan fingerprint density at radius 3 is 1.90 bits per heavy atom. The molecule has 1 atom stereocenters. The summed E-state index contributed by atoms with van der Waals surface area (Å²) in [6, 6.07) is 15.4. The number of hydrogen-bond donors (Lipinski definition) is 1. The summed E-state index contributed by atoms with van der Waals surface area (Å²) >= 11 is 0.367. The summed E-state index contributed by atoms with van der Waals surface area (Å²) in [7, 11) is 0. The normalized spacial score (nSPS) is 17.1. The number of hydrazone groups is 1. The summed E-state index contributed by atoms with van der Waals surface area (Å²) < 4.78 is 22.2. The third kappa shape index (κ3) is 8.10. The molecule has 0 aromatic heterocycles. The third-order valence-electron chi connectivity index (χ3n) is 6.52. The van der Waals surface area contributed by atoms with Crippen LogP contribution in [0.25, 0.3) is 0 Å². The van der Waals surface area contributed by atoms with Crippen LogP contribution in [0.1, 0.15) is 66.5 Å². The predicted octanol–water partition coefficient (Wildman–Crippen LogP) is 5.97. The van der Waals surface area contributed by atoms with Crippen LogP contribution in [-0.4, -0.2) is 85.7 Å². The van der Waals surface area contributed by atoms with Crippen molar-refractivity contribution >= 4 is 58.8 Å². The number of hydrazine groups is 2. The molecule has 0 aliphatic carbocycles. The van der Waals surface area contributed by atoms with Crippen molar-refractivity contribution in [2.75, 3.05) is 5.01 Å². The van der Waals surface area contributed by atoms with Gasteiger partial charge in [0.15, 0.2) is 0 Å². The summed E-state index contributed by atoms with van der Waals surface area (Å²) in [5.74, 6) is -0.859. The van der Waals surface area contributed by atoms with Crippen LogP contribution < -0.4 is 10.4 Å². The first kappa shape index (κ1) is 37.5. The molecular formula is C33H41N7O9S. The first-order chi connectivity index (χ1) is 23.5. The molecule has 0 fully saturated rings. The van der Waals surface area contributed by atoms with Crippen molar-refractivity contribution in [3.8, 4) is 0 Å². The van der Waals surface area contributed by atoms with Gasteiger partial charge in [0.25, 0.3) is 5.66 Å². The van der Waals surface area contributed by atoms with E-state index in [2.05, 4.69) is 10.5 Å². The third-order valence-corrected chi connectivity index (χ3v) is 7.37. The molecule has 2 aromatic rings. The van der Waals surface area contributed by atoms with Crippen molar-refractivity contribution in [1.29, 1.82) is 0 Å². The molecule has 2 aliphatic heterocycles. The quantitative estimate of drug-likeness (QED) is 0.214. The zero-order valence-corrected chi connectivity index (χ0v) is 30.1. The molecule has 1 unspecified atom stereocenters. The standard InChI is InChI=1S/C33H41N7O9S/c1-19(2)46-29(42)36-40(32(45)49-22(7)8)50-28-34-33(39(31(44)48-21(5)6)38(28)30(43)47-20(3)4)26(24-13-11-10-12-14-24)35-37(27(33)41)25-17-15-23(9)16-18-25/h10-22H,1-9H3,(H,36,42). The van der Waals surface area contributed by atoms with E-state index in [9.17, 15) is 24.0 Å². The average molecular weight is 712 g/mol. The minimum absolute atomic E-state index is 0.0502. The molecule has 17 heteroatoms. The van der Waals surface area contributed by atoms with Gasteiger partial charge in [0.05, 0.1) is 42.1 Å². The number of nitrogens with zero attached hydrogens (tertiary/aromatic N) is 6. The van der Waals surface area contributed by atoms with Gasteiger partial charge in [-0.25, -0.2) is 29.6 Å². The summed E-state index contributed by atoms with van der Waals surface area (Å²) in [6.45, 7) is 14.6. The monoisotopic (exact) mass is 711 g/mol. The van der Waals surface area contributed by atoms with Crippen LogP contribution in [-0.2, 0) is 23.7 Å². The Labute approximate surface area is 294 Å². The summed E-state index contributed by atoms with van der Waals surface area (Å²) in [6.07, 6.45) is -7.07. The lowest BCUT2D eigenvalue weighted by Crippen LogP contribution is -2.64. The Morgan fingerprint density at radius 2 is 1.34 bits per heavy atom. The van der Waals surface area contributed by atoms with Gasteiger partial charge in [-0.3, -0.25) is 4.79 Å². The number of amides is 5. The Bertz CT molecular complexity index is 1670. The number of rotatable bonds is 6. The molecule has 268 valence electrons. The summed E-state index contributed by atoms with van der Waals surface area (Å²) in [5.41, 5.74) is 1.44. The van der Waals surface area contributed by atoms with Crippen LogP contribution in [0.3, 0.4) is 0 Å². The molecule has 2 aliphatic rings. The van der Waals surface area contributed by atoms with Gasteiger partial charge >= 0.3 is 30.3 Å². The molecule has 0 radical (unpaired) electrons. The number of carbonyl (C=O) groups is 5. The minimum Gasteiger partial charge on any atom is -0.446 e. The number of carbonyl (C=O) groups excluding carboxylic acids is 5. The molecule has 4 rings (SSSR count). The summed E-state index contributed by atoms with van der Waals surface area (Å²) in [5, 5.41) is 6.68. The van der Waals surface area contributed by atoms with Crippen LogP contribution in [0.5, 0.6) is 0 Å². The maximum absolute atomic E-state index is 14.9. The number of ether oxygens (including phenoxy) is 4. The van der Waals surface area contributed by atoms with Gasteiger partial charge in [-0.15, -0.1) is 4.41 Å². The van der Waals surface area contributed by atoms with Crippen LogP contribution in [0, 0.1) is 6.92 Å². The van der Waals surface area contributed by atoms with Gasteiger partial charge in [0, 0.05) is 5.56 Å². The smallest absolute Gasteiger partial charge is 0.440 e. The van der Waals surface area contributed by atoms with Crippen LogP contribution in [0.15, 0.2) is 64.7 Å². The molecule has 16 nitrogen and oxygen atoms in total. The molecule has 5 amide bonds. The van der Waals surface area contributed by atoms with Crippen molar-refractivity contribution in [1.82, 2.24) is 19.9 Å². The topological polar surface area (TPSA) is 172 Å². The first-order valence-electron chi connectivity index (χ1n) is 15.9. The average Bonchev–Trinajstić information content (AvgIpc) is 3.50. The van der Waals surface area contributed by atoms with Crippen LogP contribution in [0.2, 0.25) is 0 Å². The van der Waals surface area contributed by atoms with Gasteiger partial charge < -0.3 is 18.9 Å². The Hall–Kier alpha value is -5.32. The van der Waals surface area contributed by atoms with E-state index in [1.165, 1.54) is 0 Å². The molecule has 1 N–H and O–H groups in total. The Balaban J connectivity index is 1.99. The zero-order valence-electron chi connectivity index (χ0n) is 29.3. The first-order valence-corrected chi connectivity index (χ1v) is 16.7. The molecule has 2 aromatic carbocycles. The minimum atomic E-state index is -2.41. The van der Waals surface area contributed by atoms with E-state index in [1.807, 2.05) is 6.92 Å². The van der Waals surface area contributed by atoms with E-state index in [0.29, 0.717) is 37.6 Å². The van der Waals surface area contributed by atoms with Gasteiger partial charge in [-0.1, -0.05) is 48.0 Å². The fourth-order valence-corrected chi connectivity index (χ4v) is 5.44. The molecular weight excluding hydrogens is 670 g/mol. The lowest BCUT2D eigenvalue weighted by molar-refractivity contribution is -0.128. The van der Waals surface area contributed by atoms with Gasteiger partial charge in [0.1, 0.15) is 5.71 Å². The summed E-state index contributed by atoms with van der Waals surface area (Å²) in [4.78, 5) is 73.8. The fraction of sp³-hybridized carbons (Fsp3) is 0.424. The highest BCUT2D eigenvalue weighted by atomic mass is 32.2. The number of amidine groups is 1. The second kappa shape index (κ2) is 15.5. The van der Waals surface area contributed by atoms with E-state index in [4.69, 9.17) is 23.9 Å². The van der Waals surface area contributed by atoms with E-state index in [-0.39, 0.29) is 5.71 Å². The van der Waals surface area contributed by atoms with E-state index in [1.54, 1.807) is 110 Å². The number of hydrogen-bond acceptors (Lipinski definition) is 12. The fourth-order valence-electron chi connectivity index (χ4n) is 4.63. The van der Waals surface area contributed by atoms with Gasteiger partial charge in [-0.2, -0.15) is 20.1 Å². The highest BCUT2D eigenvalue weighted by Gasteiger charge is 2.67. The number of aryl methyl sites for hydroxylation is 1. The lowest BCUT2D eigenvalue weighted by atomic mass is 9.97. The Morgan fingerprint density at radius 1 is 0.780 bits per heavy atom. The maximum Gasteiger partial charge on any atom is 0.440 e. The second-order valence-electron chi connectivity index (χ2n) is 12.2. The number of aliphatic imine (C=N–C) groups is 1. The zero-order chi connectivity index (χ0) is 36.9. The molecule has 0 saturated carbocycles. The van der Waals surface area contributed by atoms with Crippen molar-refractivity contribution in [2.24, 2.45) is 10.1 Å². The molecule has 0 saturated heterocycles. The van der Waals surface area contributed by atoms with Crippen molar-refractivity contribution in [3.05, 3.63) is 65.7 Å². The number of anilines is 1. The molecule has 2 heterocycles. The van der Waals surface area contributed by atoms with Crippen molar-refractivity contribution in [2.45, 2.75) is 92.4 Å². The van der Waals surface area contributed by atoms with Crippen LogP contribution in [0.4, 0.5) is 24.9 Å². The molecule has 0 bridgehead atoms. The van der Waals surface area contributed by atoms with E-state index >= 15 is 0 Å². The van der Waals surface area contributed by atoms with Gasteiger partial charge in [-0.05, 0) is 74.4 Å². The Kier molecular flexibility index (Phi) is 11.6. The lowest BCUT2D eigenvalue weighted by Gasteiger charge is -2.35. The largest absolute Gasteiger partial charge is 0.446 e. The van der Waals surface area contributed by atoms with Gasteiger partial charge in [0.2, 0.25) is 5.17 Å². The molecule has 1 spiro atoms. The second-order valence-corrected chi connectivity index (χ2v) is 13.1. The number of nitrogens with one attached hydrogen (secondary N) is 1. The number of benzene rings is 2. The SMILES string of the molecule is Cc1ccc(N2N=C(c3ccccc3)C3(N=C(SN(NC(=O)OC(C)C)C(=O)OC(C)C)N(C(=O)OC(C)C)N3C(=O)OC(C)C)C2=O)cc1. The molecule has 50 heavy (non-hydrogen) atoms. The van der Waals surface area contributed by atoms with E-state index in [0.717, 1.165) is 10.6 Å². The van der Waals surface area contributed by atoms with Crippen molar-refractivity contribution in [3.63, 3.8) is 0 Å². The highest BCUT2D eigenvalue weighted by molar-refractivity contribution is 8.12. The van der Waals surface area contributed by atoms with Crippen molar-refractivity contribution < 1.29 is 42.9 Å². The predicted molar refractivity (Wildman–Crippen MR) is 185 cm³/mol. The highest BCUT2D eigenvalue weighted by Crippen LogP contribution is 2.42. The van der Waals surface area contributed by atoms with Crippen LogP contribution >= 0.6 is 11.9 Å². The maximum atomic E-state index is 14.9. The van der Waals surface area contributed by atoms with E-state index < -0.39 is 65.5 Å².